The summed E-state index contributed by atoms with van der Waals surface area (Å²) in [5.74, 6) is -0.488. The van der Waals surface area contributed by atoms with Gasteiger partial charge in [-0.3, -0.25) is 0 Å². The Labute approximate surface area is 224 Å². The maximum Gasteiger partial charge on any atom is 0.461 e. The van der Waals surface area contributed by atoms with E-state index in [0.717, 1.165) is 24.3 Å². The molecule has 0 amide bonds. The Balaban J connectivity index is 1.86. The summed E-state index contributed by atoms with van der Waals surface area (Å²) < 4.78 is 138. The topological polar surface area (TPSA) is 50.7 Å². The molecule has 2 atom stereocenters. The monoisotopic (exact) mass is 603 g/mol. The van der Waals surface area contributed by atoms with Crippen LogP contribution in [0.2, 0.25) is 0 Å². The van der Waals surface area contributed by atoms with Crippen LogP contribution in [-0.4, -0.2) is 42.0 Å². The molecule has 0 bridgehead atoms. The lowest BCUT2D eigenvalue weighted by molar-refractivity contribution is -0.253. The second kappa shape index (κ2) is 12.6. The van der Waals surface area contributed by atoms with Crippen LogP contribution in [0.3, 0.4) is 0 Å². The third-order valence-corrected chi connectivity index (χ3v) is 5.80. The molecule has 0 aliphatic rings. The van der Waals surface area contributed by atoms with Crippen LogP contribution in [0, 0.1) is 0 Å². The number of hydrogen-bond donors (Lipinski definition) is 2. The van der Waals surface area contributed by atoms with Gasteiger partial charge in [-0.2, -0.15) is 43.9 Å². The fraction of sp³-hybridized carbons (Fsp3) is 0.280. The lowest BCUT2D eigenvalue weighted by Crippen LogP contribution is -2.40. The Kier molecular flexibility index (Phi) is 9.85. The second-order valence-corrected chi connectivity index (χ2v) is 9.27. The van der Waals surface area contributed by atoms with Crippen LogP contribution in [0.25, 0.3) is 0 Å². The van der Waals surface area contributed by atoms with Crippen LogP contribution in [0.4, 0.5) is 43.9 Å². The van der Waals surface area contributed by atoms with Gasteiger partial charge in [0.05, 0.1) is 6.04 Å². The molecule has 3 aromatic carbocycles. The van der Waals surface area contributed by atoms with Gasteiger partial charge in [0.2, 0.25) is 0 Å². The summed E-state index contributed by atoms with van der Waals surface area (Å²) in [5.41, 5.74) is -4.25. The van der Waals surface area contributed by atoms with Gasteiger partial charge in [-0.25, -0.2) is 0 Å². The van der Waals surface area contributed by atoms with E-state index in [-0.39, 0.29) is 39.3 Å². The molecule has 0 saturated carbocycles. The van der Waals surface area contributed by atoms with Crippen molar-refractivity contribution in [3.05, 3.63) is 83.9 Å². The van der Waals surface area contributed by atoms with E-state index in [4.69, 9.17) is 4.74 Å². The summed E-state index contributed by atoms with van der Waals surface area (Å²) in [6, 6.07) is 13.7. The molecular formula is C25H19F10NO3S. The normalized spacial score (nSPS) is 14.2. The summed E-state index contributed by atoms with van der Waals surface area (Å²) in [6.07, 6.45) is -16.7. The van der Waals surface area contributed by atoms with Gasteiger partial charge in [-0.05, 0) is 65.4 Å². The Morgan fingerprint density at radius 3 is 1.98 bits per heavy atom. The Bertz CT molecular complexity index is 1250. The minimum atomic E-state index is -4.97. The molecule has 2 N–H and O–H groups in total. The smallest absolute Gasteiger partial charge is 0.457 e. The first-order valence-electron chi connectivity index (χ1n) is 11.1. The van der Waals surface area contributed by atoms with Gasteiger partial charge in [-0.1, -0.05) is 30.3 Å². The maximum absolute atomic E-state index is 13.4. The zero-order valence-corrected chi connectivity index (χ0v) is 20.6. The molecular weight excluding hydrogens is 584 g/mol. The van der Waals surface area contributed by atoms with E-state index < -0.39 is 48.7 Å². The molecule has 3 rings (SSSR count). The predicted octanol–water partition coefficient (Wildman–Crippen LogP) is 7.93. The van der Waals surface area contributed by atoms with E-state index in [2.05, 4.69) is 10.1 Å². The number of halogens is 10. The van der Waals surface area contributed by atoms with E-state index in [1.807, 2.05) is 0 Å². The Morgan fingerprint density at radius 2 is 1.38 bits per heavy atom. The quantitative estimate of drug-likeness (QED) is 0.172. The van der Waals surface area contributed by atoms with Crippen LogP contribution in [0.1, 0.15) is 17.2 Å². The van der Waals surface area contributed by atoms with Crippen molar-refractivity contribution in [2.24, 2.45) is 0 Å². The van der Waals surface area contributed by atoms with Gasteiger partial charge in [0.15, 0.2) is 6.10 Å². The van der Waals surface area contributed by atoms with E-state index >= 15 is 0 Å². The molecule has 0 radical (unpaired) electrons. The van der Waals surface area contributed by atoms with Crippen LogP contribution < -0.4 is 14.8 Å². The lowest BCUT2D eigenvalue weighted by atomic mass is 9.98. The number of ether oxygens (including phenoxy) is 2. The standard InChI is InChI=1S/C25H19F10NO3S/c26-22(27)24(31,32)39-18-5-1-3-15(11-18)21(36-13-20(37)23(28,29)30)14-7-9-16(10-8-14)38-17-4-2-6-19(12-17)40-25(33,34)35/h1-12,20-22,36-37H,13H2/t20-,21-/m1/s1. The highest BCUT2D eigenvalue weighted by atomic mass is 32.2. The van der Waals surface area contributed by atoms with Crippen LogP contribution in [-0.2, 0) is 0 Å². The fourth-order valence-corrected chi connectivity index (χ4v) is 3.92. The van der Waals surface area contributed by atoms with E-state index in [0.29, 0.717) is 0 Å². The van der Waals surface area contributed by atoms with Gasteiger partial charge in [-0.15, -0.1) is 0 Å². The SMILES string of the molecule is O[C@H](CN[C@H](c1ccc(Oc2cccc(SC(F)(F)F)c2)cc1)c1cccc(OC(F)(F)C(F)F)c1)C(F)(F)F. The van der Waals surface area contributed by atoms with Crippen molar-refractivity contribution >= 4 is 11.8 Å². The summed E-state index contributed by atoms with van der Waals surface area (Å²) in [7, 11) is 0. The van der Waals surface area contributed by atoms with Gasteiger partial charge in [0, 0.05) is 11.4 Å². The number of nitrogens with one attached hydrogen (secondary N) is 1. The van der Waals surface area contributed by atoms with E-state index in [1.165, 1.54) is 48.5 Å². The minimum absolute atomic E-state index is 0.0301. The van der Waals surface area contributed by atoms with Crippen LogP contribution in [0.15, 0.2) is 77.7 Å². The maximum atomic E-state index is 13.4. The van der Waals surface area contributed by atoms with E-state index in [1.54, 1.807) is 0 Å². The molecule has 0 spiro atoms. The van der Waals surface area contributed by atoms with Gasteiger partial charge in [0.25, 0.3) is 0 Å². The van der Waals surface area contributed by atoms with E-state index in [9.17, 15) is 49.0 Å². The first-order valence-corrected chi connectivity index (χ1v) is 11.9. The lowest BCUT2D eigenvalue weighted by Gasteiger charge is -2.24. The summed E-state index contributed by atoms with van der Waals surface area (Å²) in [6.45, 7) is -1.02. The number of hydrogen-bond acceptors (Lipinski definition) is 5. The highest BCUT2D eigenvalue weighted by Crippen LogP contribution is 2.39. The predicted molar refractivity (Wildman–Crippen MR) is 125 cm³/mol. The van der Waals surface area contributed by atoms with Gasteiger partial charge in [0.1, 0.15) is 17.2 Å². The van der Waals surface area contributed by atoms with Crippen molar-refractivity contribution in [3.8, 4) is 17.2 Å². The average molecular weight is 603 g/mol. The zero-order valence-electron chi connectivity index (χ0n) is 19.8. The molecule has 0 aliphatic carbocycles. The second-order valence-electron chi connectivity index (χ2n) is 8.13. The van der Waals surface area contributed by atoms with Crippen molar-refractivity contribution in [3.63, 3.8) is 0 Å². The third-order valence-electron chi connectivity index (χ3n) is 5.08. The number of aliphatic hydroxyl groups excluding tert-OH is 1. The molecule has 0 heterocycles. The van der Waals surface area contributed by atoms with Crippen molar-refractivity contribution in [1.29, 1.82) is 0 Å². The van der Waals surface area contributed by atoms with Crippen LogP contribution >= 0.6 is 11.8 Å². The summed E-state index contributed by atoms with van der Waals surface area (Å²) >= 11 is -0.343. The largest absolute Gasteiger partial charge is 0.461 e. The highest BCUT2D eigenvalue weighted by Gasteiger charge is 2.44. The van der Waals surface area contributed by atoms with Crippen molar-refractivity contribution < 1.29 is 58.5 Å². The van der Waals surface area contributed by atoms with Gasteiger partial charge < -0.3 is 19.9 Å². The molecule has 0 aliphatic heterocycles. The zero-order chi connectivity index (χ0) is 29.7. The Morgan fingerprint density at radius 1 is 0.750 bits per heavy atom. The number of aliphatic hydroxyl groups is 1. The molecule has 4 nitrogen and oxygen atoms in total. The van der Waals surface area contributed by atoms with Crippen molar-refractivity contribution in [2.75, 3.05) is 6.54 Å². The molecule has 15 heteroatoms. The molecule has 0 aromatic heterocycles. The molecule has 0 unspecified atom stereocenters. The third kappa shape index (κ3) is 9.20. The number of alkyl halides is 10. The van der Waals surface area contributed by atoms with Crippen molar-refractivity contribution in [1.82, 2.24) is 5.32 Å². The first kappa shape index (κ1) is 31.4. The average Bonchev–Trinajstić information content (AvgIpc) is 2.83. The Hall–Kier alpha value is -3.17. The van der Waals surface area contributed by atoms with Gasteiger partial charge >= 0.3 is 24.2 Å². The fourth-order valence-electron chi connectivity index (χ4n) is 3.33. The summed E-state index contributed by atoms with van der Waals surface area (Å²) in [5, 5.41) is 11.9. The minimum Gasteiger partial charge on any atom is -0.457 e. The number of benzene rings is 3. The first-order chi connectivity index (χ1) is 18.5. The number of thioether (sulfide) groups is 1. The molecule has 218 valence electrons. The molecule has 0 saturated heterocycles. The molecule has 3 aromatic rings. The molecule has 0 fully saturated rings. The van der Waals surface area contributed by atoms with Crippen LogP contribution in [0.5, 0.6) is 17.2 Å². The van der Waals surface area contributed by atoms with Crippen molar-refractivity contribution in [2.45, 2.75) is 41.3 Å². The highest BCUT2D eigenvalue weighted by molar-refractivity contribution is 8.00. The molecule has 40 heavy (non-hydrogen) atoms. The summed E-state index contributed by atoms with van der Waals surface area (Å²) in [4.78, 5) is -0.131. The number of rotatable bonds is 11.